The average Bonchev–Trinajstić information content (AvgIpc) is 2.63. The van der Waals surface area contributed by atoms with Crippen molar-refractivity contribution in [2.45, 2.75) is 25.0 Å². The Bertz CT molecular complexity index is 380. The van der Waals surface area contributed by atoms with Crippen molar-refractivity contribution in [3.8, 4) is 23.7 Å². The van der Waals surface area contributed by atoms with E-state index in [0.717, 1.165) is 12.8 Å². The first kappa shape index (κ1) is 24.8. The summed E-state index contributed by atoms with van der Waals surface area (Å²) in [5.74, 6) is 10.1. The Kier molecular flexibility index (Phi) is 19.2. The summed E-state index contributed by atoms with van der Waals surface area (Å²) in [7, 11) is 0. The molecule has 8 nitrogen and oxygen atoms in total. The topological polar surface area (TPSA) is 118 Å². The van der Waals surface area contributed by atoms with E-state index in [1.54, 1.807) is 0 Å². The highest BCUT2D eigenvalue weighted by molar-refractivity contribution is 4.99. The standard InChI is InChI=1S/C18H30O8/c19-7-1-3-9-23-13-17(21)15-25-11-5-6-12-26-16-18(22)14-24-10-4-2-8-20/h17-22H,5-16H2. The van der Waals surface area contributed by atoms with Gasteiger partial charge in [0.15, 0.2) is 0 Å². The Morgan fingerprint density at radius 1 is 0.577 bits per heavy atom. The molecule has 0 aromatic carbocycles. The number of rotatable bonds is 15. The molecule has 0 aromatic rings. The first-order valence-corrected chi connectivity index (χ1v) is 8.51. The summed E-state index contributed by atoms with van der Waals surface area (Å²) in [6, 6.07) is 0. The molecule has 0 bridgehead atoms. The third-order valence-corrected chi connectivity index (χ3v) is 2.82. The van der Waals surface area contributed by atoms with E-state index < -0.39 is 12.2 Å². The van der Waals surface area contributed by atoms with Crippen LogP contribution in [0.15, 0.2) is 0 Å². The van der Waals surface area contributed by atoms with Crippen LogP contribution >= 0.6 is 0 Å². The molecular formula is C18H30O8. The first-order valence-electron chi connectivity index (χ1n) is 8.51. The van der Waals surface area contributed by atoms with Crippen LogP contribution in [0.2, 0.25) is 0 Å². The summed E-state index contributed by atoms with van der Waals surface area (Å²) in [6.07, 6.45) is 0.136. The van der Waals surface area contributed by atoms with Gasteiger partial charge in [0, 0.05) is 13.2 Å². The maximum atomic E-state index is 9.59. The molecule has 0 saturated carbocycles. The lowest BCUT2D eigenvalue weighted by Crippen LogP contribution is -2.23. The predicted octanol–water partition coefficient (Wildman–Crippen LogP) is -1.45. The SMILES string of the molecule is OCC#CCOCC(O)COCCCCOCC(O)COCC#CCO. The van der Waals surface area contributed by atoms with Crippen LogP contribution in [-0.4, -0.2) is 98.7 Å². The zero-order valence-electron chi connectivity index (χ0n) is 15.1. The van der Waals surface area contributed by atoms with Gasteiger partial charge in [-0.2, -0.15) is 0 Å². The molecule has 2 atom stereocenters. The van der Waals surface area contributed by atoms with E-state index in [4.69, 9.17) is 29.2 Å². The van der Waals surface area contributed by atoms with Gasteiger partial charge in [-0.15, -0.1) is 0 Å². The van der Waals surface area contributed by atoms with Crippen molar-refractivity contribution in [3.05, 3.63) is 0 Å². The Labute approximate surface area is 155 Å². The van der Waals surface area contributed by atoms with E-state index in [0.29, 0.717) is 13.2 Å². The van der Waals surface area contributed by atoms with Gasteiger partial charge in [0.25, 0.3) is 0 Å². The minimum absolute atomic E-state index is 0.134. The van der Waals surface area contributed by atoms with Crippen LogP contribution in [0.25, 0.3) is 0 Å². The summed E-state index contributed by atoms with van der Waals surface area (Å²) in [5.41, 5.74) is 0. The molecule has 0 fully saturated rings. The van der Waals surface area contributed by atoms with Gasteiger partial charge in [0.2, 0.25) is 0 Å². The molecule has 0 aromatic heterocycles. The highest BCUT2D eigenvalue weighted by atomic mass is 16.5. The number of unbranched alkanes of at least 4 members (excludes halogenated alkanes) is 1. The van der Waals surface area contributed by atoms with Gasteiger partial charge < -0.3 is 39.4 Å². The molecule has 0 saturated heterocycles. The Morgan fingerprint density at radius 3 is 1.35 bits per heavy atom. The van der Waals surface area contributed by atoms with Crippen molar-refractivity contribution < 1.29 is 39.4 Å². The fraction of sp³-hybridized carbons (Fsp3) is 0.778. The number of aliphatic hydroxyl groups excluding tert-OH is 4. The monoisotopic (exact) mass is 374 g/mol. The minimum Gasteiger partial charge on any atom is -0.388 e. The van der Waals surface area contributed by atoms with E-state index in [1.807, 2.05) is 0 Å². The second-order valence-corrected chi connectivity index (χ2v) is 5.22. The van der Waals surface area contributed by atoms with E-state index in [-0.39, 0.29) is 52.9 Å². The zero-order valence-corrected chi connectivity index (χ0v) is 15.1. The molecular weight excluding hydrogens is 344 g/mol. The number of hydrogen-bond acceptors (Lipinski definition) is 8. The average molecular weight is 374 g/mol. The molecule has 0 spiro atoms. The summed E-state index contributed by atoms with van der Waals surface area (Å²) < 4.78 is 20.8. The lowest BCUT2D eigenvalue weighted by atomic mass is 10.3. The molecule has 150 valence electrons. The maximum absolute atomic E-state index is 9.59. The second kappa shape index (κ2) is 20.1. The van der Waals surface area contributed by atoms with E-state index in [1.165, 1.54) is 0 Å². The van der Waals surface area contributed by atoms with Crippen LogP contribution in [-0.2, 0) is 18.9 Å². The van der Waals surface area contributed by atoms with Crippen LogP contribution in [0, 0.1) is 23.7 Å². The van der Waals surface area contributed by atoms with Crippen molar-refractivity contribution in [1.82, 2.24) is 0 Å². The molecule has 26 heavy (non-hydrogen) atoms. The van der Waals surface area contributed by atoms with Crippen LogP contribution in [0.4, 0.5) is 0 Å². The van der Waals surface area contributed by atoms with Gasteiger partial charge in [0.05, 0.1) is 26.4 Å². The van der Waals surface area contributed by atoms with Crippen LogP contribution in [0.5, 0.6) is 0 Å². The van der Waals surface area contributed by atoms with Gasteiger partial charge in [-0.05, 0) is 12.8 Å². The van der Waals surface area contributed by atoms with Gasteiger partial charge in [-0.3, -0.25) is 0 Å². The maximum Gasteiger partial charge on any atom is 0.107 e. The molecule has 0 heterocycles. The quantitative estimate of drug-likeness (QED) is 0.203. The highest BCUT2D eigenvalue weighted by Crippen LogP contribution is 1.95. The largest absolute Gasteiger partial charge is 0.388 e. The molecule has 2 unspecified atom stereocenters. The Balaban J connectivity index is 3.32. The fourth-order valence-electron chi connectivity index (χ4n) is 1.65. The number of hydrogen-bond donors (Lipinski definition) is 4. The predicted molar refractivity (Wildman–Crippen MR) is 94.2 cm³/mol. The van der Waals surface area contributed by atoms with Crippen molar-refractivity contribution >= 4 is 0 Å². The first-order chi connectivity index (χ1) is 12.7. The second-order valence-electron chi connectivity index (χ2n) is 5.22. The Morgan fingerprint density at radius 2 is 0.962 bits per heavy atom. The zero-order chi connectivity index (χ0) is 19.3. The molecule has 0 aliphatic carbocycles. The van der Waals surface area contributed by atoms with Crippen LogP contribution in [0.1, 0.15) is 12.8 Å². The lowest BCUT2D eigenvalue weighted by Gasteiger charge is -2.12. The minimum atomic E-state index is -0.709. The lowest BCUT2D eigenvalue weighted by molar-refractivity contribution is -0.0206. The summed E-state index contributed by atoms with van der Waals surface area (Å²) >= 11 is 0. The summed E-state index contributed by atoms with van der Waals surface area (Å²) in [5, 5.41) is 36.1. The van der Waals surface area contributed by atoms with E-state index in [9.17, 15) is 10.2 Å². The number of ether oxygens (including phenoxy) is 4. The van der Waals surface area contributed by atoms with E-state index >= 15 is 0 Å². The van der Waals surface area contributed by atoms with Crippen LogP contribution in [0.3, 0.4) is 0 Å². The highest BCUT2D eigenvalue weighted by Gasteiger charge is 2.05. The van der Waals surface area contributed by atoms with Crippen LogP contribution < -0.4 is 0 Å². The Hall–Kier alpha value is -1.20. The fourth-order valence-corrected chi connectivity index (χ4v) is 1.65. The molecule has 4 N–H and O–H groups in total. The molecule has 8 heteroatoms. The molecule has 0 radical (unpaired) electrons. The van der Waals surface area contributed by atoms with Gasteiger partial charge in [-0.25, -0.2) is 0 Å². The van der Waals surface area contributed by atoms with E-state index in [2.05, 4.69) is 23.7 Å². The summed E-state index contributed by atoms with van der Waals surface area (Å²) in [4.78, 5) is 0. The summed E-state index contributed by atoms with van der Waals surface area (Å²) in [6.45, 7) is 1.57. The molecule has 0 aliphatic rings. The van der Waals surface area contributed by atoms with Gasteiger partial charge in [0.1, 0.15) is 38.6 Å². The molecule has 0 rings (SSSR count). The van der Waals surface area contributed by atoms with Gasteiger partial charge in [-0.1, -0.05) is 23.7 Å². The third kappa shape index (κ3) is 19.1. The van der Waals surface area contributed by atoms with Crippen molar-refractivity contribution in [2.75, 3.05) is 66.1 Å². The van der Waals surface area contributed by atoms with Gasteiger partial charge >= 0.3 is 0 Å². The molecule has 0 amide bonds. The van der Waals surface area contributed by atoms with Crippen molar-refractivity contribution in [1.29, 1.82) is 0 Å². The van der Waals surface area contributed by atoms with Crippen molar-refractivity contribution in [3.63, 3.8) is 0 Å². The molecule has 0 aliphatic heterocycles. The normalized spacial score (nSPS) is 12.6. The third-order valence-electron chi connectivity index (χ3n) is 2.82. The van der Waals surface area contributed by atoms with Crippen molar-refractivity contribution in [2.24, 2.45) is 0 Å². The smallest absolute Gasteiger partial charge is 0.107 e. The number of aliphatic hydroxyl groups is 4.